The van der Waals surface area contributed by atoms with Crippen molar-refractivity contribution in [1.29, 1.82) is 0 Å². The first-order valence-corrected chi connectivity index (χ1v) is 11.3. The number of nitrogens with zero attached hydrogens (tertiary/aromatic N) is 4. The predicted octanol–water partition coefficient (Wildman–Crippen LogP) is 3.20. The summed E-state index contributed by atoms with van der Waals surface area (Å²) in [6.07, 6.45) is 0.939. The number of hydrogen-bond donors (Lipinski definition) is 1. The lowest BCUT2D eigenvalue weighted by molar-refractivity contribution is -0.136. The van der Waals surface area contributed by atoms with Gasteiger partial charge in [0.2, 0.25) is 5.91 Å². The molecule has 1 fully saturated rings. The van der Waals surface area contributed by atoms with Crippen LogP contribution in [-0.2, 0) is 11.3 Å². The standard InChI is InChI=1S/C26H30N4O3/c1-28(2)13-8-14-30-16-15-29(18-23(30)31)17-21-24(26(32)33)20-11-6-7-12-22(20)27-25(21)19-9-4-3-5-10-19/h3-7,9-12H,8,13-18H2,1-2H3,(H,32,33). The maximum absolute atomic E-state index is 12.8. The molecule has 1 aromatic heterocycles. The Bertz CT molecular complexity index is 1150. The summed E-state index contributed by atoms with van der Waals surface area (Å²) in [4.78, 5) is 36.1. The number of pyridine rings is 1. The van der Waals surface area contributed by atoms with Crippen LogP contribution in [0.1, 0.15) is 22.3 Å². The summed E-state index contributed by atoms with van der Waals surface area (Å²) in [5.41, 5.74) is 3.10. The average Bonchev–Trinajstić information content (AvgIpc) is 2.80. The summed E-state index contributed by atoms with van der Waals surface area (Å²) in [7, 11) is 4.06. The number of fused-ring (bicyclic) bond motifs is 1. The highest BCUT2D eigenvalue weighted by Gasteiger charge is 2.27. The van der Waals surface area contributed by atoms with Gasteiger partial charge in [0.25, 0.3) is 0 Å². The molecule has 0 unspecified atom stereocenters. The van der Waals surface area contributed by atoms with Gasteiger partial charge in [0.1, 0.15) is 0 Å². The summed E-state index contributed by atoms with van der Waals surface area (Å²) >= 11 is 0. The molecule has 0 aliphatic carbocycles. The number of carbonyl (C=O) groups is 2. The number of aromatic carboxylic acids is 1. The second-order valence-corrected chi connectivity index (χ2v) is 8.75. The monoisotopic (exact) mass is 446 g/mol. The van der Waals surface area contributed by atoms with E-state index >= 15 is 0 Å². The third-order valence-corrected chi connectivity index (χ3v) is 6.07. The van der Waals surface area contributed by atoms with Crippen molar-refractivity contribution in [3.05, 3.63) is 65.7 Å². The Hall–Kier alpha value is -3.29. The normalized spacial score (nSPS) is 14.9. The molecule has 1 N–H and O–H groups in total. The number of para-hydroxylation sites is 1. The topological polar surface area (TPSA) is 77.0 Å². The van der Waals surface area contributed by atoms with Gasteiger partial charge >= 0.3 is 5.97 Å². The van der Waals surface area contributed by atoms with Crippen molar-refractivity contribution in [2.75, 3.05) is 46.8 Å². The molecule has 4 rings (SSSR count). The SMILES string of the molecule is CN(C)CCCN1CCN(Cc2c(-c3ccccc3)nc3ccccc3c2C(=O)O)CC1=O. The third-order valence-electron chi connectivity index (χ3n) is 6.07. The Kier molecular flexibility index (Phi) is 7.01. The number of rotatable bonds is 8. The minimum Gasteiger partial charge on any atom is -0.478 e. The molecule has 0 bridgehead atoms. The molecule has 1 amide bonds. The van der Waals surface area contributed by atoms with E-state index in [4.69, 9.17) is 4.98 Å². The number of hydrogen-bond acceptors (Lipinski definition) is 5. The van der Waals surface area contributed by atoms with Crippen molar-refractivity contribution in [2.24, 2.45) is 0 Å². The van der Waals surface area contributed by atoms with Crippen LogP contribution in [0, 0.1) is 0 Å². The van der Waals surface area contributed by atoms with Gasteiger partial charge in [-0.2, -0.15) is 0 Å². The molecule has 7 heteroatoms. The molecule has 1 aliphatic rings. The third kappa shape index (κ3) is 5.21. The van der Waals surface area contributed by atoms with Crippen LogP contribution in [0.15, 0.2) is 54.6 Å². The second-order valence-electron chi connectivity index (χ2n) is 8.75. The van der Waals surface area contributed by atoms with Gasteiger partial charge in [0.05, 0.1) is 23.3 Å². The van der Waals surface area contributed by atoms with Crippen molar-refractivity contribution >= 4 is 22.8 Å². The van der Waals surface area contributed by atoms with E-state index in [0.29, 0.717) is 41.8 Å². The van der Waals surface area contributed by atoms with Crippen LogP contribution in [0.4, 0.5) is 0 Å². The molecular formula is C26H30N4O3. The van der Waals surface area contributed by atoms with Crippen molar-refractivity contribution in [3.8, 4) is 11.3 Å². The Balaban J connectivity index is 1.65. The Morgan fingerprint density at radius 2 is 1.79 bits per heavy atom. The van der Waals surface area contributed by atoms with Gasteiger partial charge in [-0.15, -0.1) is 0 Å². The summed E-state index contributed by atoms with van der Waals surface area (Å²) < 4.78 is 0. The number of carboxylic acid groups (broad SMARTS) is 1. The lowest BCUT2D eigenvalue weighted by Gasteiger charge is -2.35. The Morgan fingerprint density at radius 3 is 2.48 bits per heavy atom. The van der Waals surface area contributed by atoms with Crippen LogP contribution in [0.3, 0.4) is 0 Å². The molecule has 172 valence electrons. The van der Waals surface area contributed by atoms with Gasteiger partial charge in [-0.25, -0.2) is 9.78 Å². The second kappa shape index (κ2) is 10.1. The zero-order valence-corrected chi connectivity index (χ0v) is 19.2. The van der Waals surface area contributed by atoms with Gasteiger partial charge < -0.3 is 14.9 Å². The van der Waals surface area contributed by atoms with Gasteiger partial charge in [0, 0.05) is 42.7 Å². The highest BCUT2D eigenvalue weighted by molar-refractivity contribution is 6.05. The summed E-state index contributed by atoms with van der Waals surface area (Å²) in [5, 5.41) is 10.8. The molecule has 1 saturated heterocycles. The minimum absolute atomic E-state index is 0.0897. The van der Waals surface area contributed by atoms with Crippen LogP contribution in [0.5, 0.6) is 0 Å². The summed E-state index contributed by atoms with van der Waals surface area (Å²) in [6.45, 7) is 3.68. The molecule has 0 atom stereocenters. The van der Waals surface area contributed by atoms with Gasteiger partial charge in [-0.1, -0.05) is 48.5 Å². The van der Waals surface area contributed by atoms with E-state index in [1.165, 1.54) is 0 Å². The molecule has 2 aromatic carbocycles. The van der Waals surface area contributed by atoms with E-state index in [9.17, 15) is 14.7 Å². The minimum atomic E-state index is -0.977. The van der Waals surface area contributed by atoms with E-state index < -0.39 is 5.97 Å². The van der Waals surface area contributed by atoms with Gasteiger partial charge in [-0.3, -0.25) is 9.69 Å². The summed E-state index contributed by atoms with van der Waals surface area (Å²) in [6, 6.07) is 17.0. The van der Waals surface area contributed by atoms with Crippen LogP contribution >= 0.6 is 0 Å². The zero-order chi connectivity index (χ0) is 23.4. The Morgan fingerprint density at radius 1 is 1.06 bits per heavy atom. The van der Waals surface area contributed by atoms with E-state index in [-0.39, 0.29) is 18.0 Å². The lowest BCUT2D eigenvalue weighted by Crippen LogP contribution is -2.50. The first-order chi connectivity index (χ1) is 15.9. The highest BCUT2D eigenvalue weighted by Crippen LogP contribution is 2.31. The van der Waals surface area contributed by atoms with Crippen molar-refractivity contribution < 1.29 is 14.7 Å². The van der Waals surface area contributed by atoms with Crippen molar-refractivity contribution in [3.63, 3.8) is 0 Å². The number of piperazine rings is 1. The zero-order valence-electron chi connectivity index (χ0n) is 19.2. The van der Waals surface area contributed by atoms with Crippen LogP contribution in [0.2, 0.25) is 0 Å². The molecule has 7 nitrogen and oxygen atoms in total. The molecule has 33 heavy (non-hydrogen) atoms. The smallest absolute Gasteiger partial charge is 0.336 e. The molecule has 0 spiro atoms. The number of carbonyl (C=O) groups excluding carboxylic acids is 1. The number of carboxylic acids is 1. The lowest BCUT2D eigenvalue weighted by atomic mass is 9.96. The number of aromatic nitrogens is 1. The van der Waals surface area contributed by atoms with Crippen LogP contribution in [-0.4, -0.2) is 83.5 Å². The maximum Gasteiger partial charge on any atom is 0.336 e. The fourth-order valence-corrected chi connectivity index (χ4v) is 4.41. The van der Waals surface area contributed by atoms with Crippen molar-refractivity contribution in [2.45, 2.75) is 13.0 Å². The average molecular weight is 447 g/mol. The largest absolute Gasteiger partial charge is 0.478 e. The molecule has 3 aromatic rings. The first kappa shape index (κ1) is 22.9. The first-order valence-electron chi connectivity index (χ1n) is 11.3. The number of amides is 1. The highest BCUT2D eigenvalue weighted by atomic mass is 16.4. The maximum atomic E-state index is 12.8. The fraction of sp³-hybridized carbons (Fsp3) is 0.346. The van der Waals surface area contributed by atoms with E-state index in [2.05, 4.69) is 4.90 Å². The number of benzene rings is 2. The van der Waals surface area contributed by atoms with Crippen molar-refractivity contribution in [1.82, 2.24) is 19.7 Å². The van der Waals surface area contributed by atoms with Gasteiger partial charge in [-0.05, 0) is 33.1 Å². The molecule has 0 saturated carbocycles. The van der Waals surface area contributed by atoms with E-state index in [1.807, 2.05) is 72.4 Å². The molecular weight excluding hydrogens is 416 g/mol. The Labute approximate surface area is 194 Å². The van der Waals surface area contributed by atoms with Crippen LogP contribution < -0.4 is 0 Å². The molecule has 1 aliphatic heterocycles. The van der Waals surface area contributed by atoms with Gasteiger partial charge in [0.15, 0.2) is 0 Å². The fourth-order valence-electron chi connectivity index (χ4n) is 4.41. The van der Waals surface area contributed by atoms with E-state index in [0.717, 1.165) is 25.1 Å². The summed E-state index contributed by atoms with van der Waals surface area (Å²) in [5.74, 6) is -0.888. The predicted molar refractivity (Wildman–Crippen MR) is 129 cm³/mol. The molecule has 2 heterocycles. The van der Waals surface area contributed by atoms with Crippen LogP contribution in [0.25, 0.3) is 22.2 Å². The molecule has 0 radical (unpaired) electrons. The quantitative estimate of drug-likeness (QED) is 0.573. The van der Waals surface area contributed by atoms with E-state index in [1.54, 1.807) is 6.07 Å².